The standard InChI is InChI=1S/C16H20N2O2/c1-5-16(6-2)14(19)18(15(16)20)17-12(4)13-9-7-11(3)8-10-13/h7-10H,5-6H2,1-4H3/b17-12+. The summed E-state index contributed by atoms with van der Waals surface area (Å²) in [5, 5.41) is 5.20. The van der Waals surface area contributed by atoms with Gasteiger partial charge in [-0.15, -0.1) is 0 Å². The zero-order valence-corrected chi connectivity index (χ0v) is 12.4. The molecule has 1 aliphatic rings. The molecule has 0 N–H and O–H groups in total. The second-order valence-corrected chi connectivity index (χ2v) is 5.26. The zero-order chi connectivity index (χ0) is 14.9. The fourth-order valence-corrected chi connectivity index (χ4v) is 2.48. The van der Waals surface area contributed by atoms with Crippen LogP contribution in [0.25, 0.3) is 0 Å². The van der Waals surface area contributed by atoms with E-state index in [4.69, 9.17) is 0 Å². The highest BCUT2D eigenvalue weighted by molar-refractivity contribution is 6.22. The molecule has 106 valence electrons. The largest absolute Gasteiger partial charge is 0.271 e. The van der Waals surface area contributed by atoms with Crippen LogP contribution >= 0.6 is 0 Å². The van der Waals surface area contributed by atoms with E-state index in [0.717, 1.165) is 16.1 Å². The minimum atomic E-state index is -0.836. The van der Waals surface area contributed by atoms with Crippen LogP contribution in [-0.4, -0.2) is 22.5 Å². The molecule has 1 fully saturated rings. The van der Waals surface area contributed by atoms with Gasteiger partial charge in [0.2, 0.25) is 0 Å². The van der Waals surface area contributed by atoms with Gasteiger partial charge >= 0.3 is 0 Å². The Labute approximate surface area is 119 Å². The minimum absolute atomic E-state index is 0.182. The van der Waals surface area contributed by atoms with Crippen molar-refractivity contribution in [2.24, 2.45) is 10.5 Å². The van der Waals surface area contributed by atoms with Crippen molar-refractivity contribution >= 4 is 17.5 Å². The number of carbonyl (C=O) groups excluding carboxylic acids is 2. The lowest BCUT2D eigenvalue weighted by Crippen LogP contribution is -2.63. The molecule has 1 aromatic carbocycles. The van der Waals surface area contributed by atoms with E-state index < -0.39 is 5.41 Å². The number of hydrazone groups is 1. The first-order valence-corrected chi connectivity index (χ1v) is 6.97. The maximum Gasteiger partial charge on any atom is 0.265 e. The van der Waals surface area contributed by atoms with Crippen molar-refractivity contribution in [3.63, 3.8) is 0 Å². The van der Waals surface area contributed by atoms with Crippen molar-refractivity contribution in [1.29, 1.82) is 0 Å². The summed E-state index contributed by atoms with van der Waals surface area (Å²) in [4.78, 5) is 24.4. The number of β-lactam (4-membered cyclic amide) rings is 2. The van der Waals surface area contributed by atoms with Crippen molar-refractivity contribution in [3.05, 3.63) is 35.4 Å². The molecule has 4 nitrogen and oxygen atoms in total. The molecule has 0 unspecified atom stereocenters. The summed E-state index contributed by atoms with van der Waals surface area (Å²) in [7, 11) is 0. The second-order valence-electron chi connectivity index (χ2n) is 5.26. The molecule has 0 bridgehead atoms. The summed E-state index contributed by atoms with van der Waals surface area (Å²) in [6.07, 6.45) is 1.08. The number of benzene rings is 1. The Morgan fingerprint density at radius 1 is 1.10 bits per heavy atom. The molecule has 1 heterocycles. The molecule has 0 aromatic heterocycles. The minimum Gasteiger partial charge on any atom is -0.271 e. The predicted octanol–water partition coefficient (Wildman–Crippen LogP) is 2.89. The van der Waals surface area contributed by atoms with Crippen LogP contribution < -0.4 is 0 Å². The molecule has 0 saturated carbocycles. The van der Waals surface area contributed by atoms with E-state index in [0.29, 0.717) is 18.6 Å². The molecule has 0 spiro atoms. The predicted molar refractivity (Wildman–Crippen MR) is 78.3 cm³/mol. The number of hydrogen-bond donors (Lipinski definition) is 0. The quantitative estimate of drug-likeness (QED) is 0.481. The third kappa shape index (κ3) is 2.05. The Bertz CT molecular complexity index is 551. The van der Waals surface area contributed by atoms with Gasteiger partial charge < -0.3 is 0 Å². The molecule has 0 aliphatic carbocycles. The van der Waals surface area contributed by atoms with Crippen molar-refractivity contribution in [2.75, 3.05) is 0 Å². The van der Waals surface area contributed by atoms with Crippen molar-refractivity contribution in [2.45, 2.75) is 40.5 Å². The summed E-state index contributed by atoms with van der Waals surface area (Å²) >= 11 is 0. The molecule has 2 amide bonds. The molecular weight excluding hydrogens is 252 g/mol. The fraction of sp³-hybridized carbons (Fsp3) is 0.438. The third-order valence-corrected chi connectivity index (χ3v) is 4.13. The summed E-state index contributed by atoms with van der Waals surface area (Å²) in [5.74, 6) is -0.363. The summed E-state index contributed by atoms with van der Waals surface area (Å²) < 4.78 is 0. The van der Waals surface area contributed by atoms with Gasteiger partial charge in [-0.3, -0.25) is 9.59 Å². The normalized spacial score (nSPS) is 18.2. The van der Waals surface area contributed by atoms with Gasteiger partial charge in [-0.2, -0.15) is 10.1 Å². The SMILES string of the molecule is CCC1(CC)C(=O)N(/N=C(\C)c2ccc(C)cc2)C1=O. The number of imide groups is 1. The Morgan fingerprint density at radius 3 is 2.05 bits per heavy atom. The summed E-state index contributed by atoms with van der Waals surface area (Å²) in [6, 6.07) is 7.85. The van der Waals surface area contributed by atoms with E-state index in [1.165, 1.54) is 0 Å². The van der Waals surface area contributed by atoms with Crippen LogP contribution in [0.2, 0.25) is 0 Å². The molecule has 1 aliphatic heterocycles. The van der Waals surface area contributed by atoms with Crippen LogP contribution in [0, 0.1) is 12.3 Å². The maximum atomic E-state index is 12.2. The van der Waals surface area contributed by atoms with E-state index in [1.807, 2.05) is 52.0 Å². The lowest BCUT2D eigenvalue weighted by Gasteiger charge is -2.42. The van der Waals surface area contributed by atoms with Crippen LogP contribution in [0.5, 0.6) is 0 Å². The Hall–Kier alpha value is -1.97. The Balaban J connectivity index is 2.23. The van der Waals surface area contributed by atoms with Gasteiger partial charge in [-0.05, 0) is 32.3 Å². The number of carbonyl (C=O) groups is 2. The molecule has 0 atom stereocenters. The van der Waals surface area contributed by atoms with Gasteiger partial charge in [0.25, 0.3) is 11.8 Å². The first-order chi connectivity index (χ1) is 9.46. The number of hydrogen-bond acceptors (Lipinski definition) is 3. The molecule has 4 heteroatoms. The number of amides is 2. The molecule has 20 heavy (non-hydrogen) atoms. The van der Waals surface area contributed by atoms with Crippen molar-refractivity contribution in [1.82, 2.24) is 5.01 Å². The number of nitrogens with zero attached hydrogens (tertiary/aromatic N) is 2. The van der Waals surface area contributed by atoms with E-state index in [-0.39, 0.29) is 11.8 Å². The Kier molecular flexibility index (Phi) is 3.75. The third-order valence-electron chi connectivity index (χ3n) is 4.13. The number of rotatable bonds is 4. The van der Waals surface area contributed by atoms with Gasteiger partial charge in [0.05, 0.1) is 5.71 Å². The van der Waals surface area contributed by atoms with Crippen molar-refractivity contribution in [3.8, 4) is 0 Å². The molecule has 0 radical (unpaired) electrons. The zero-order valence-electron chi connectivity index (χ0n) is 12.4. The maximum absolute atomic E-state index is 12.2. The molecule has 2 rings (SSSR count). The second kappa shape index (κ2) is 5.19. The number of aryl methyl sites for hydroxylation is 1. The highest BCUT2D eigenvalue weighted by Crippen LogP contribution is 2.40. The van der Waals surface area contributed by atoms with Gasteiger partial charge in [-0.25, -0.2) is 0 Å². The van der Waals surface area contributed by atoms with Crippen LogP contribution in [0.3, 0.4) is 0 Å². The highest BCUT2D eigenvalue weighted by atomic mass is 16.2. The van der Waals surface area contributed by atoms with Gasteiger partial charge in [0, 0.05) is 0 Å². The van der Waals surface area contributed by atoms with E-state index >= 15 is 0 Å². The lowest BCUT2D eigenvalue weighted by molar-refractivity contribution is -0.177. The average Bonchev–Trinajstić information content (AvgIpc) is 2.46. The van der Waals surface area contributed by atoms with Crippen LogP contribution in [0.1, 0.15) is 44.7 Å². The van der Waals surface area contributed by atoms with Gasteiger partial charge in [-0.1, -0.05) is 43.7 Å². The van der Waals surface area contributed by atoms with E-state index in [9.17, 15) is 9.59 Å². The topological polar surface area (TPSA) is 49.7 Å². The van der Waals surface area contributed by atoms with Crippen LogP contribution in [0.15, 0.2) is 29.4 Å². The fourth-order valence-electron chi connectivity index (χ4n) is 2.48. The average molecular weight is 272 g/mol. The van der Waals surface area contributed by atoms with E-state index in [2.05, 4.69) is 5.10 Å². The van der Waals surface area contributed by atoms with Crippen LogP contribution in [0.4, 0.5) is 0 Å². The van der Waals surface area contributed by atoms with E-state index in [1.54, 1.807) is 0 Å². The molecular formula is C16H20N2O2. The highest BCUT2D eigenvalue weighted by Gasteiger charge is 2.59. The lowest BCUT2D eigenvalue weighted by atomic mass is 9.74. The van der Waals surface area contributed by atoms with Gasteiger partial charge in [0.15, 0.2) is 0 Å². The first kappa shape index (κ1) is 14.4. The van der Waals surface area contributed by atoms with Gasteiger partial charge in [0.1, 0.15) is 5.41 Å². The van der Waals surface area contributed by atoms with Crippen molar-refractivity contribution < 1.29 is 9.59 Å². The summed E-state index contributed by atoms with van der Waals surface area (Å²) in [6.45, 7) is 7.55. The van der Waals surface area contributed by atoms with Crippen LogP contribution in [-0.2, 0) is 9.59 Å². The first-order valence-electron chi connectivity index (χ1n) is 6.97. The molecule has 1 aromatic rings. The molecule has 1 saturated heterocycles. The summed E-state index contributed by atoms with van der Waals surface area (Å²) in [5.41, 5.74) is 1.92. The Morgan fingerprint density at radius 2 is 1.60 bits per heavy atom. The monoisotopic (exact) mass is 272 g/mol. The smallest absolute Gasteiger partial charge is 0.265 e.